The monoisotopic (exact) mass is 997 g/mol. The van der Waals surface area contributed by atoms with E-state index in [-0.39, 0.29) is 40.5 Å². The summed E-state index contributed by atoms with van der Waals surface area (Å²) in [5.41, 5.74) is 0.174. The molecule has 0 spiro atoms. The molecule has 4 bridgehead atoms. The highest BCUT2D eigenvalue weighted by Crippen LogP contribution is 2.63. The Labute approximate surface area is 318 Å². The predicted octanol–water partition coefficient (Wildman–Crippen LogP) is 9.60. The summed E-state index contributed by atoms with van der Waals surface area (Å²) >= 11 is 6.67. The van der Waals surface area contributed by atoms with Gasteiger partial charge in [-0.05, 0) is 185 Å². The molecule has 47 heavy (non-hydrogen) atoms. The summed E-state index contributed by atoms with van der Waals surface area (Å²) in [7, 11) is -4.74. The standard InChI is InChI=1S/C36H41I3O7S/c37-25-12-29(31(39)30(38)13-25)33(40)46-36-18-21-11-22(19-36)17-35(16-21,20-36)34(41)45-26-14-27(23-7-3-1-4-8-23)32(47(42,43)44)28(15-26)24-9-5-2-6-10-24/h12-15,21-24H,1-11,16-20H2,(H,42,43,44)/p-1. The maximum absolute atomic E-state index is 14.4. The van der Waals surface area contributed by atoms with Crippen LogP contribution in [-0.2, 0) is 19.6 Å². The first kappa shape index (κ1) is 34.9. The molecule has 2 aromatic rings. The molecular formula is C36H40I3O7S-. The third kappa shape index (κ3) is 7.04. The molecule has 11 heteroatoms. The van der Waals surface area contributed by atoms with Crippen molar-refractivity contribution >= 4 is 89.8 Å². The number of halogens is 3. The molecule has 0 N–H and O–H groups in total. The minimum atomic E-state index is -4.74. The van der Waals surface area contributed by atoms with Crippen LogP contribution in [0.4, 0.5) is 0 Å². The summed E-state index contributed by atoms with van der Waals surface area (Å²) < 4.78 is 54.3. The van der Waals surface area contributed by atoms with Gasteiger partial charge in [0.1, 0.15) is 21.5 Å². The van der Waals surface area contributed by atoms with Gasteiger partial charge in [-0.1, -0.05) is 38.5 Å². The van der Waals surface area contributed by atoms with Crippen molar-refractivity contribution in [2.24, 2.45) is 17.3 Å². The van der Waals surface area contributed by atoms with Crippen molar-refractivity contribution in [3.05, 3.63) is 51.7 Å². The molecule has 7 nitrogen and oxygen atoms in total. The Morgan fingerprint density at radius 2 is 1.34 bits per heavy atom. The number of carbonyl (C=O) groups excluding carboxylic acids is 2. The van der Waals surface area contributed by atoms with E-state index in [9.17, 15) is 22.6 Å². The lowest BCUT2D eigenvalue weighted by Crippen LogP contribution is -2.60. The average molecular weight is 997 g/mol. The molecule has 2 atom stereocenters. The molecule has 6 aliphatic rings. The maximum Gasteiger partial charge on any atom is 0.339 e. The van der Waals surface area contributed by atoms with Crippen molar-refractivity contribution in [2.75, 3.05) is 0 Å². The number of hydrogen-bond acceptors (Lipinski definition) is 7. The summed E-state index contributed by atoms with van der Waals surface area (Å²) in [6, 6.07) is 7.30. The number of benzene rings is 2. The minimum Gasteiger partial charge on any atom is -0.744 e. The molecular weight excluding hydrogens is 957 g/mol. The third-order valence-corrected chi connectivity index (χ3v) is 16.3. The Balaban J connectivity index is 1.21. The van der Waals surface area contributed by atoms with Gasteiger partial charge in [0.15, 0.2) is 0 Å². The lowest BCUT2D eigenvalue weighted by Gasteiger charge is -2.59. The Morgan fingerprint density at radius 3 is 1.87 bits per heavy atom. The van der Waals surface area contributed by atoms with E-state index in [0.29, 0.717) is 41.7 Å². The van der Waals surface area contributed by atoms with Crippen molar-refractivity contribution in [3.8, 4) is 5.75 Å². The quantitative estimate of drug-likeness (QED) is 0.0894. The van der Waals surface area contributed by atoms with Crippen molar-refractivity contribution < 1.29 is 32.0 Å². The third-order valence-electron chi connectivity index (χ3n) is 11.6. The van der Waals surface area contributed by atoms with Crippen LogP contribution in [0, 0.1) is 28.0 Å². The van der Waals surface area contributed by atoms with Gasteiger partial charge in [-0.2, -0.15) is 0 Å². The lowest BCUT2D eigenvalue weighted by atomic mass is 9.48. The number of esters is 2. The maximum atomic E-state index is 14.4. The van der Waals surface area contributed by atoms with Gasteiger partial charge in [-0.3, -0.25) is 4.79 Å². The lowest BCUT2D eigenvalue weighted by molar-refractivity contribution is -0.189. The average Bonchev–Trinajstić information content (AvgIpc) is 3.01. The first-order valence-corrected chi connectivity index (χ1v) is 21.7. The number of hydrogen-bond donors (Lipinski definition) is 0. The van der Waals surface area contributed by atoms with Crippen LogP contribution in [0.15, 0.2) is 29.2 Å². The van der Waals surface area contributed by atoms with Gasteiger partial charge in [0, 0.05) is 17.1 Å². The highest BCUT2D eigenvalue weighted by Gasteiger charge is 2.63. The van der Waals surface area contributed by atoms with E-state index >= 15 is 0 Å². The molecule has 2 unspecified atom stereocenters. The van der Waals surface area contributed by atoms with Crippen LogP contribution in [0.3, 0.4) is 0 Å². The van der Waals surface area contributed by atoms with Crippen LogP contribution in [0.5, 0.6) is 5.75 Å². The molecule has 2 aromatic carbocycles. The van der Waals surface area contributed by atoms with E-state index in [1.54, 1.807) is 12.1 Å². The first-order valence-electron chi connectivity index (χ1n) is 17.1. The van der Waals surface area contributed by atoms with Gasteiger partial charge >= 0.3 is 11.9 Å². The Hall–Kier alpha value is -0.520. The van der Waals surface area contributed by atoms with E-state index < -0.39 is 21.1 Å². The van der Waals surface area contributed by atoms with Crippen molar-refractivity contribution in [1.82, 2.24) is 0 Å². The van der Waals surface area contributed by atoms with Crippen molar-refractivity contribution in [1.29, 1.82) is 0 Å². The summed E-state index contributed by atoms with van der Waals surface area (Å²) in [5.74, 6) is 0.168. The van der Waals surface area contributed by atoms with Crippen LogP contribution >= 0.6 is 67.8 Å². The summed E-state index contributed by atoms with van der Waals surface area (Å²) in [6.45, 7) is 0. The Kier molecular flexibility index (Phi) is 10.1. The number of ether oxygens (including phenoxy) is 2. The van der Waals surface area contributed by atoms with Gasteiger partial charge in [0.2, 0.25) is 0 Å². The van der Waals surface area contributed by atoms with Crippen LogP contribution in [0.2, 0.25) is 0 Å². The molecule has 0 amide bonds. The van der Waals surface area contributed by atoms with Gasteiger partial charge < -0.3 is 14.0 Å². The van der Waals surface area contributed by atoms with Gasteiger partial charge in [-0.25, -0.2) is 13.2 Å². The van der Waals surface area contributed by atoms with E-state index in [0.717, 1.165) is 94.2 Å². The van der Waals surface area contributed by atoms with E-state index in [2.05, 4.69) is 67.8 Å². The SMILES string of the molecule is O=C(OC12CC3CC(C1)CC(C(=O)Oc1cc(C4CCCCC4)c(S(=O)(=O)[O-])c(C4CCCCC4)c1)(C3)C2)c1cc(I)cc(I)c1I. The van der Waals surface area contributed by atoms with Crippen LogP contribution in [0.25, 0.3) is 0 Å². The molecule has 8 rings (SSSR count). The molecule has 0 heterocycles. The Bertz CT molecular complexity index is 1640. The van der Waals surface area contributed by atoms with Gasteiger partial charge in [0.25, 0.3) is 0 Å². The predicted molar refractivity (Wildman–Crippen MR) is 202 cm³/mol. The van der Waals surface area contributed by atoms with Crippen molar-refractivity contribution in [2.45, 2.75) is 125 Å². The van der Waals surface area contributed by atoms with Gasteiger partial charge in [-0.15, -0.1) is 0 Å². The van der Waals surface area contributed by atoms with E-state index in [4.69, 9.17) is 9.47 Å². The molecule has 6 saturated carbocycles. The molecule has 254 valence electrons. The van der Waals surface area contributed by atoms with Crippen LogP contribution < -0.4 is 4.74 Å². The molecule has 0 aliphatic heterocycles. The van der Waals surface area contributed by atoms with E-state index in [1.807, 2.05) is 12.1 Å². The smallest absolute Gasteiger partial charge is 0.339 e. The zero-order valence-corrected chi connectivity index (χ0v) is 33.6. The molecule has 0 aromatic heterocycles. The molecule has 0 radical (unpaired) electrons. The highest BCUT2D eigenvalue weighted by atomic mass is 127. The van der Waals surface area contributed by atoms with Crippen LogP contribution in [0.1, 0.15) is 136 Å². The topological polar surface area (TPSA) is 110 Å². The highest BCUT2D eigenvalue weighted by molar-refractivity contribution is 14.1. The number of rotatable bonds is 7. The zero-order valence-electron chi connectivity index (χ0n) is 26.3. The van der Waals surface area contributed by atoms with Crippen LogP contribution in [-0.4, -0.2) is 30.5 Å². The fourth-order valence-corrected chi connectivity index (χ4v) is 13.5. The summed E-state index contributed by atoms with van der Waals surface area (Å²) in [6.07, 6.45) is 13.8. The molecule has 6 aliphatic carbocycles. The Morgan fingerprint density at radius 1 is 0.787 bits per heavy atom. The minimum absolute atomic E-state index is 0.0439. The fourth-order valence-electron chi connectivity index (χ4n) is 10.1. The molecule has 0 saturated heterocycles. The van der Waals surface area contributed by atoms with Gasteiger partial charge in [0.05, 0.1) is 15.9 Å². The van der Waals surface area contributed by atoms with E-state index in [1.165, 1.54) is 0 Å². The second-order valence-electron chi connectivity index (χ2n) is 15.0. The largest absolute Gasteiger partial charge is 0.744 e. The first-order chi connectivity index (χ1) is 22.3. The normalized spacial score (nSPS) is 29.5. The van der Waals surface area contributed by atoms with Crippen molar-refractivity contribution in [3.63, 3.8) is 0 Å². The fraction of sp³-hybridized carbons (Fsp3) is 0.611. The summed E-state index contributed by atoms with van der Waals surface area (Å²) in [5, 5.41) is 0. The molecule has 6 fully saturated rings. The second-order valence-corrected chi connectivity index (χ2v) is 19.8. The summed E-state index contributed by atoms with van der Waals surface area (Å²) in [4.78, 5) is 28.0. The second kappa shape index (κ2) is 13.6. The number of carbonyl (C=O) groups is 2. The zero-order chi connectivity index (χ0) is 33.1.